The van der Waals surface area contributed by atoms with Gasteiger partial charge >= 0.3 is 0 Å². The molecule has 1 saturated heterocycles. The highest BCUT2D eigenvalue weighted by Crippen LogP contribution is 2.11. The van der Waals surface area contributed by atoms with E-state index in [0.29, 0.717) is 13.1 Å². The van der Waals surface area contributed by atoms with Gasteiger partial charge in [-0.05, 0) is 11.1 Å². The van der Waals surface area contributed by atoms with E-state index in [2.05, 4.69) is 21.9 Å². The molecule has 3 rings (SSSR count). The van der Waals surface area contributed by atoms with Crippen LogP contribution in [0, 0.1) is 0 Å². The second kappa shape index (κ2) is 7.15. The Labute approximate surface area is 129 Å². The summed E-state index contributed by atoms with van der Waals surface area (Å²) in [4.78, 5) is 14.5. The summed E-state index contributed by atoms with van der Waals surface area (Å²) >= 11 is 0. The van der Waals surface area contributed by atoms with Crippen LogP contribution < -0.4 is 21.9 Å². The van der Waals surface area contributed by atoms with Gasteiger partial charge < -0.3 is 4.90 Å². The number of amides is 1. The molecule has 0 aliphatic carbocycles. The minimum Gasteiger partial charge on any atom is -0.331 e. The molecule has 1 aliphatic rings. The van der Waals surface area contributed by atoms with Gasteiger partial charge in [0, 0.05) is 13.1 Å². The standard InChI is InChI=1S/C16H19N5O/c22-16(15-17-19-20-18-15)21(11-13-7-3-1-4-8-13)12-14-9-5-2-6-10-14/h1-10,15,17-20H,11-12H2. The Bertz CT molecular complexity index is 557. The Morgan fingerprint density at radius 3 is 1.73 bits per heavy atom. The topological polar surface area (TPSA) is 68.4 Å². The summed E-state index contributed by atoms with van der Waals surface area (Å²) in [5.41, 5.74) is 13.2. The molecule has 0 bridgehead atoms. The maximum atomic E-state index is 12.7. The SMILES string of the molecule is O=C(C1NNNN1)N(Cc1ccccc1)Cc1ccccc1. The van der Waals surface area contributed by atoms with Gasteiger partial charge in [0.1, 0.15) is 0 Å². The minimum atomic E-state index is -0.493. The maximum absolute atomic E-state index is 12.7. The highest BCUT2D eigenvalue weighted by Gasteiger charge is 2.26. The highest BCUT2D eigenvalue weighted by atomic mass is 16.2. The van der Waals surface area contributed by atoms with Crippen molar-refractivity contribution in [1.82, 2.24) is 26.8 Å². The van der Waals surface area contributed by atoms with E-state index in [-0.39, 0.29) is 5.91 Å². The van der Waals surface area contributed by atoms with Crippen molar-refractivity contribution in [3.63, 3.8) is 0 Å². The van der Waals surface area contributed by atoms with Crippen LogP contribution in [0.3, 0.4) is 0 Å². The van der Waals surface area contributed by atoms with Crippen LogP contribution >= 0.6 is 0 Å². The molecular formula is C16H19N5O. The fraction of sp³-hybridized carbons (Fsp3) is 0.188. The third kappa shape index (κ3) is 3.69. The molecule has 6 heteroatoms. The lowest BCUT2D eigenvalue weighted by molar-refractivity contribution is -0.135. The smallest absolute Gasteiger partial charge is 0.257 e. The van der Waals surface area contributed by atoms with E-state index >= 15 is 0 Å². The van der Waals surface area contributed by atoms with Gasteiger partial charge in [0.15, 0.2) is 6.17 Å². The molecule has 4 N–H and O–H groups in total. The lowest BCUT2D eigenvalue weighted by Crippen LogP contribution is -2.49. The van der Waals surface area contributed by atoms with Gasteiger partial charge in [0.25, 0.3) is 5.91 Å². The van der Waals surface area contributed by atoms with E-state index in [1.54, 1.807) is 0 Å². The van der Waals surface area contributed by atoms with Crippen molar-refractivity contribution in [3.8, 4) is 0 Å². The second-order valence-corrected chi connectivity index (χ2v) is 5.14. The first-order valence-electron chi connectivity index (χ1n) is 7.20. The van der Waals surface area contributed by atoms with Gasteiger partial charge in [-0.2, -0.15) is 11.1 Å². The molecule has 0 radical (unpaired) electrons. The fourth-order valence-electron chi connectivity index (χ4n) is 2.38. The Morgan fingerprint density at radius 2 is 1.27 bits per heavy atom. The summed E-state index contributed by atoms with van der Waals surface area (Å²) in [6, 6.07) is 20.0. The number of rotatable bonds is 5. The number of carbonyl (C=O) groups excluding carboxylic acids is 1. The minimum absolute atomic E-state index is 0.0230. The molecule has 1 fully saturated rings. The third-order valence-corrected chi connectivity index (χ3v) is 3.49. The summed E-state index contributed by atoms with van der Waals surface area (Å²) < 4.78 is 0. The van der Waals surface area contributed by atoms with Gasteiger partial charge in [0.05, 0.1) is 0 Å². The first-order chi connectivity index (χ1) is 10.8. The van der Waals surface area contributed by atoms with E-state index in [0.717, 1.165) is 11.1 Å². The normalized spacial score (nSPS) is 14.9. The van der Waals surface area contributed by atoms with Crippen molar-refractivity contribution in [2.45, 2.75) is 19.3 Å². The van der Waals surface area contributed by atoms with Crippen molar-refractivity contribution >= 4 is 5.91 Å². The molecule has 1 heterocycles. The first-order valence-corrected chi connectivity index (χ1v) is 7.20. The van der Waals surface area contributed by atoms with E-state index < -0.39 is 6.17 Å². The van der Waals surface area contributed by atoms with Crippen LogP contribution in [-0.2, 0) is 17.9 Å². The van der Waals surface area contributed by atoms with Crippen molar-refractivity contribution in [2.24, 2.45) is 0 Å². The summed E-state index contributed by atoms with van der Waals surface area (Å²) in [6.07, 6.45) is -0.493. The molecule has 0 unspecified atom stereocenters. The molecule has 0 spiro atoms. The zero-order chi connectivity index (χ0) is 15.2. The zero-order valence-corrected chi connectivity index (χ0v) is 12.1. The maximum Gasteiger partial charge on any atom is 0.257 e. The predicted octanol–water partition coefficient (Wildman–Crippen LogP) is 0.659. The monoisotopic (exact) mass is 297 g/mol. The van der Waals surface area contributed by atoms with Gasteiger partial charge in [-0.3, -0.25) is 4.79 Å². The van der Waals surface area contributed by atoms with Gasteiger partial charge in [-0.25, -0.2) is 10.9 Å². The number of hydrogen-bond acceptors (Lipinski definition) is 5. The van der Waals surface area contributed by atoms with Gasteiger partial charge in [-0.15, -0.1) is 0 Å². The van der Waals surface area contributed by atoms with Crippen LogP contribution in [0.5, 0.6) is 0 Å². The molecule has 2 aromatic carbocycles. The largest absolute Gasteiger partial charge is 0.331 e. The van der Waals surface area contributed by atoms with Crippen LogP contribution in [-0.4, -0.2) is 17.0 Å². The Kier molecular flexibility index (Phi) is 4.77. The molecule has 1 amide bonds. The van der Waals surface area contributed by atoms with Crippen LogP contribution in [0.25, 0.3) is 0 Å². The Hall–Kier alpha value is -2.25. The number of nitrogens with zero attached hydrogens (tertiary/aromatic N) is 1. The lowest BCUT2D eigenvalue weighted by Gasteiger charge is -2.25. The zero-order valence-electron chi connectivity index (χ0n) is 12.1. The van der Waals surface area contributed by atoms with Crippen LogP contribution in [0.1, 0.15) is 11.1 Å². The number of hydrogen-bond donors (Lipinski definition) is 4. The summed E-state index contributed by atoms with van der Waals surface area (Å²) in [6.45, 7) is 1.13. The highest BCUT2D eigenvalue weighted by molar-refractivity contribution is 5.81. The Morgan fingerprint density at radius 1 is 0.818 bits per heavy atom. The molecule has 114 valence electrons. The average Bonchev–Trinajstić information content (AvgIpc) is 3.10. The quantitative estimate of drug-likeness (QED) is 0.653. The lowest BCUT2D eigenvalue weighted by atomic mass is 10.1. The van der Waals surface area contributed by atoms with Crippen LogP contribution in [0.4, 0.5) is 0 Å². The fourth-order valence-corrected chi connectivity index (χ4v) is 2.38. The number of benzene rings is 2. The summed E-state index contributed by atoms with van der Waals surface area (Å²) in [7, 11) is 0. The van der Waals surface area contributed by atoms with E-state index in [1.807, 2.05) is 65.6 Å². The first kappa shape index (κ1) is 14.7. The number of carbonyl (C=O) groups is 1. The number of hydrazine groups is 3. The van der Waals surface area contributed by atoms with E-state index in [9.17, 15) is 4.79 Å². The Balaban J connectivity index is 1.76. The van der Waals surface area contributed by atoms with Gasteiger partial charge in [0.2, 0.25) is 0 Å². The summed E-state index contributed by atoms with van der Waals surface area (Å²) in [5.74, 6) is -0.0230. The van der Waals surface area contributed by atoms with Crippen LogP contribution in [0.2, 0.25) is 0 Å². The third-order valence-electron chi connectivity index (χ3n) is 3.49. The molecule has 1 aliphatic heterocycles. The van der Waals surface area contributed by atoms with Crippen molar-refractivity contribution in [3.05, 3.63) is 71.8 Å². The molecule has 2 aromatic rings. The van der Waals surface area contributed by atoms with Crippen molar-refractivity contribution in [1.29, 1.82) is 0 Å². The molecule has 6 nitrogen and oxygen atoms in total. The summed E-state index contributed by atoms with van der Waals surface area (Å²) in [5, 5.41) is 0. The van der Waals surface area contributed by atoms with Crippen LogP contribution in [0.15, 0.2) is 60.7 Å². The molecule has 0 saturated carbocycles. The predicted molar refractivity (Wildman–Crippen MR) is 83.5 cm³/mol. The molecule has 0 atom stereocenters. The van der Waals surface area contributed by atoms with E-state index in [4.69, 9.17) is 0 Å². The second-order valence-electron chi connectivity index (χ2n) is 5.14. The van der Waals surface area contributed by atoms with E-state index in [1.165, 1.54) is 0 Å². The van der Waals surface area contributed by atoms with Crippen molar-refractivity contribution in [2.75, 3.05) is 0 Å². The molecular weight excluding hydrogens is 278 g/mol. The van der Waals surface area contributed by atoms with Gasteiger partial charge in [-0.1, -0.05) is 60.7 Å². The number of nitrogens with one attached hydrogen (secondary N) is 4. The van der Waals surface area contributed by atoms with Crippen molar-refractivity contribution < 1.29 is 4.79 Å². The molecule has 22 heavy (non-hydrogen) atoms. The average molecular weight is 297 g/mol. The molecule has 0 aromatic heterocycles.